The summed E-state index contributed by atoms with van der Waals surface area (Å²) in [4.78, 5) is 0. The molecular formula is C12H17SiTi. The van der Waals surface area contributed by atoms with Gasteiger partial charge in [-0.3, -0.25) is 0 Å². The van der Waals surface area contributed by atoms with E-state index < -0.39 is 0 Å². The Morgan fingerprint density at radius 2 is 1.71 bits per heavy atom. The van der Waals surface area contributed by atoms with Crippen molar-refractivity contribution in [2.45, 2.75) is 13.8 Å². The molecule has 0 aliphatic rings. The van der Waals surface area contributed by atoms with Gasteiger partial charge in [0.1, 0.15) is 0 Å². The second-order valence-corrected chi connectivity index (χ2v) is 2.85. The van der Waals surface area contributed by atoms with Gasteiger partial charge in [-0.25, -0.2) is 24.3 Å². The van der Waals surface area contributed by atoms with Gasteiger partial charge in [0.2, 0.25) is 0 Å². The van der Waals surface area contributed by atoms with Crippen molar-refractivity contribution in [1.29, 1.82) is 0 Å². The fraction of sp³-hybridized carbons (Fsp3) is 0.167. The predicted octanol–water partition coefficient (Wildman–Crippen LogP) is 2.24. The Bertz CT molecular complexity index is 262. The van der Waals surface area contributed by atoms with Crippen LogP contribution in [-0.4, -0.2) is 11.0 Å². The second kappa shape index (κ2) is 9.20. The van der Waals surface area contributed by atoms with Crippen LogP contribution in [0.25, 0.3) is 0 Å². The largest absolute Gasteiger partial charge is 2.00 e. The average Bonchev–Trinajstić information content (AvgIpc) is 2.67. The maximum Gasteiger partial charge on any atom is 2.00 e. The minimum absolute atomic E-state index is 0. The third-order valence-electron chi connectivity index (χ3n) is 1.87. The van der Waals surface area contributed by atoms with Crippen molar-refractivity contribution < 1.29 is 21.7 Å². The van der Waals surface area contributed by atoms with Crippen LogP contribution in [-0.2, 0) is 21.7 Å². The zero-order valence-corrected chi connectivity index (χ0v) is 12.7. The molecule has 14 heavy (non-hydrogen) atoms. The van der Waals surface area contributed by atoms with Crippen molar-refractivity contribution in [2.24, 2.45) is 0 Å². The van der Waals surface area contributed by atoms with E-state index in [9.17, 15) is 0 Å². The van der Waals surface area contributed by atoms with Gasteiger partial charge in [-0.15, -0.1) is 0 Å². The Morgan fingerprint density at radius 1 is 1.14 bits per heavy atom. The Balaban J connectivity index is 0. The van der Waals surface area contributed by atoms with E-state index in [-0.39, 0.29) is 32.7 Å². The van der Waals surface area contributed by atoms with Crippen LogP contribution in [0.15, 0.2) is 48.5 Å². The van der Waals surface area contributed by atoms with Gasteiger partial charge in [0.25, 0.3) is 0 Å². The molecule has 2 rings (SSSR count). The minimum atomic E-state index is 0. The number of hydrogen-bond donors (Lipinski definition) is 0. The van der Waals surface area contributed by atoms with Crippen LogP contribution in [0, 0.1) is 13.8 Å². The molecule has 0 fully saturated rings. The van der Waals surface area contributed by atoms with Gasteiger partial charge in [-0.2, -0.15) is 35.4 Å². The van der Waals surface area contributed by atoms with Gasteiger partial charge in [0.05, 0.1) is 0 Å². The summed E-state index contributed by atoms with van der Waals surface area (Å²) >= 11 is 0. The first-order chi connectivity index (χ1) is 5.80. The summed E-state index contributed by atoms with van der Waals surface area (Å²) in [5.41, 5.74) is 2.78. The second-order valence-electron chi connectivity index (χ2n) is 2.85. The molecule has 0 saturated carbocycles. The van der Waals surface area contributed by atoms with Gasteiger partial charge in [0, 0.05) is 0 Å². The fourth-order valence-corrected chi connectivity index (χ4v) is 0.920. The smallest absolute Gasteiger partial charge is 0.214 e. The van der Waals surface area contributed by atoms with E-state index in [4.69, 9.17) is 0 Å². The molecule has 0 bridgehead atoms. The van der Waals surface area contributed by atoms with E-state index in [1.54, 1.807) is 0 Å². The zero-order valence-electron chi connectivity index (χ0n) is 9.12. The molecule has 0 aliphatic heterocycles. The van der Waals surface area contributed by atoms with E-state index in [1.165, 1.54) is 11.1 Å². The van der Waals surface area contributed by atoms with E-state index >= 15 is 0 Å². The molecule has 2 heteroatoms. The third kappa shape index (κ3) is 6.14. The Labute approximate surface area is 106 Å². The summed E-state index contributed by atoms with van der Waals surface area (Å²) in [6.45, 7) is 4.24. The summed E-state index contributed by atoms with van der Waals surface area (Å²) in [7, 11) is 0. The summed E-state index contributed by atoms with van der Waals surface area (Å²) in [5.74, 6) is 0. The molecular weight excluding hydrogens is 220 g/mol. The minimum Gasteiger partial charge on any atom is -0.214 e. The first kappa shape index (κ1) is 16.1. The molecule has 0 unspecified atom stereocenters. The van der Waals surface area contributed by atoms with E-state index in [0.29, 0.717) is 0 Å². The van der Waals surface area contributed by atoms with Crippen LogP contribution in [0.3, 0.4) is 0 Å². The molecule has 0 aromatic heterocycles. The van der Waals surface area contributed by atoms with Crippen LogP contribution in [0.4, 0.5) is 0 Å². The molecule has 0 spiro atoms. The van der Waals surface area contributed by atoms with Crippen LogP contribution < -0.4 is 0 Å². The molecule has 0 aliphatic carbocycles. The van der Waals surface area contributed by atoms with Gasteiger partial charge in [-0.1, -0.05) is 13.8 Å². The summed E-state index contributed by atoms with van der Waals surface area (Å²) in [5, 5.41) is 0. The predicted molar refractivity (Wildman–Crippen MR) is 63.5 cm³/mol. The van der Waals surface area contributed by atoms with Crippen LogP contribution >= 0.6 is 0 Å². The van der Waals surface area contributed by atoms with Crippen molar-refractivity contribution in [2.75, 3.05) is 0 Å². The van der Waals surface area contributed by atoms with Crippen molar-refractivity contribution >= 4 is 11.0 Å². The Hall–Kier alpha value is -0.369. The topological polar surface area (TPSA) is 0 Å². The van der Waals surface area contributed by atoms with Gasteiger partial charge >= 0.3 is 21.7 Å². The number of aryl methyl sites for hydroxylation is 2. The first-order valence-electron chi connectivity index (χ1n) is 4.16. The molecule has 2 aromatic carbocycles. The molecule has 0 nitrogen and oxygen atoms in total. The SMILES string of the molecule is Cc1ccc[c-]1C.[SiH3].[Ti+2].c1cc[cH-]c1. The molecule has 0 saturated heterocycles. The summed E-state index contributed by atoms with van der Waals surface area (Å²) < 4.78 is 0. The zero-order chi connectivity index (χ0) is 8.81. The van der Waals surface area contributed by atoms with Crippen molar-refractivity contribution in [3.63, 3.8) is 0 Å². The number of hydrogen-bond acceptors (Lipinski definition) is 0. The summed E-state index contributed by atoms with van der Waals surface area (Å²) in [6, 6.07) is 16.3. The summed E-state index contributed by atoms with van der Waals surface area (Å²) in [6.07, 6.45) is 0. The molecule has 0 amide bonds. The Morgan fingerprint density at radius 3 is 1.86 bits per heavy atom. The maximum absolute atomic E-state index is 2.12. The van der Waals surface area contributed by atoms with Gasteiger partial charge in [0.15, 0.2) is 0 Å². The fourth-order valence-electron chi connectivity index (χ4n) is 0.920. The quantitative estimate of drug-likeness (QED) is 0.487. The normalized spacial score (nSPS) is 7.57. The molecule has 0 heterocycles. The van der Waals surface area contributed by atoms with E-state index in [1.807, 2.05) is 30.3 Å². The third-order valence-corrected chi connectivity index (χ3v) is 1.87. The molecule has 2 aromatic rings. The molecule has 0 atom stereocenters. The van der Waals surface area contributed by atoms with Crippen molar-refractivity contribution in [3.05, 3.63) is 59.7 Å². The number of rotatable bonds is 0. The maximum atomic E-state index is 2.12. The van der Waals surface area contributed by atoms with Crippen LogP contribution in [0.5, 0.6) is 0 Å². The first-order valence-corrected chi connectivity index (χ1v) is 4.16. The van der Waals surface area contributed by atoms with Gasteiger partial charge in [-0.05, 0) is 11.0 Å². The van der Waals surface area contributed by atoms with Crippen molar-refractivity contribution in [1.82, 2.24) is 0 Å². The molecule has 0 N–H and O–H groups in total. The standard InChI is InChI=1S/C7H9.C5H5.H3Si.Ti/c1-6-4-3-5-7(6)2;1-2-4-5-3-1;;/h3-5H,1-2H3;1-5H;1H3;/q2*-1;;+2. The average molecular weight is 237 g/mol. The molecule has 1 radical (unpaired) electrons. The van der Waals surface area contributed by atoms with Crippen LogP contribution in [0.1, 0.15) is 11.1 Å². The molecule has 73 valence electrons. The van der Waals surface area contributed by atoms with Gasteiger partial charge < -0.3 is 0 Å². The monoisotopic (exact) mass is 237 g/mol. The van der Waals surface area contributed by atoms with Crippen molar-refractivity contribution in [3.8, 4) is 0 Å². The van der Waals surface area contributed by atoms with Crippen LogP contribution in [0.2, 0.25) is 0 Å². The van der Waals surface area contributed by atoms with E-state index in [2.05, 4.69) is 32.0 Å². The Kier molecular flexibility index (Phi) is 10.6. The van der Waals surface area contributed by atoms with E-state index in [0.717, 1.165) is 0 Å².